The van der Waals surface area contributed by atoms with E-state index in [1.54, 1.807) is 21.1 Å². The Morgan fingerprint density at radius 3 is 2.10 bits per heavy atom. The van der Waals surface area contributed by atoms with Crippen LogP contribution in [-0.2, 0) is 37.8 Å². The van der Waals surface area contributed by atoms with E-state index in [-0.39, 0.29) is 23.9 Å². The first-order chi connectivity index (χ1) is 23.2. The number of ketones is 1. The number of esters is 1. The molecular weight excluding hydrogens is 643 g/mol. The molecule has 4 rings (SSSR count). The number of carbonyl (C=O) groups excluding carboxylic acids is 3. The molecule has 0 radical (unpaired) electrons. The summed E-state index contributed by atoms with van der Waals surface area (Å²) < 4.78 is 30.1. The van der Waals surface area contributed by atoms with Crippen molar-refractivity contribution in [3.05, 3.63) is 60.7 Å². The van der Waals surface area contributed by atoms with Crippen molar-refractivity contribution in [2.24, 2.45) is 11.8 Å². The molecule has 2 aromatic rings. The number of hydrogen-bond acceptors (Lipinski definition) is 9. The highest BCUT2D eigenvalue weighted by molar-refractivity contribution is 6.99. The third-order valence-corrected chi connectivity index (χ3v) is 15.3. The van der Waals surface area contributed by atoms with Gasteiger partial charge in [0.05, 0.1) is 19.3 Å². The highest BCUT2D eigenvalue weighted by atomic mass is 28.4. The van der Waals surface area contributed by atoms with Crippen molar-refractivity contribution in [3.63, 3.8) is 0 Å². The van der Waals surface area contributed by atoms with Crippen molar-refractivity contribution < 1.29 is 42.9 Å². The predicted molar refractivity (Wildman–Crippen MR) is 189 cm³/mol. The van der Waals surface area contributed by atoms with E-state index in [0.29, 0.717) is 25.9 Å². The van der Waals surface area contributed by atoms with Gasteiger partial charge in [0.2, 0.25) is 5.79 Å². The minimum absolute atomic E-state index is 0.0216. The third-order valence-electron chi connectivity index (χ3n) is 10.3. The van der Waals surface area contributed by atoms with E-state index in [2.05, 4.69) is 76.2 Å². The first-order valence-electron chi connectivity index (χ1n) is 17.4. The summed E-state index contributed by atoms with van der Waals surface area (Å²) in [4.78, 5) is 41.1. The van der Waals surface area contributed by atoms with Crippen LogP contribution in [-0.4, -0.2) is 101 Å². The largest absolute Gasteiger partial charge is 0.467 e. The number of ether oxygens (including phenoxy) is 4. The molecular formula is C38H55NO9Si. The Bertz CT molecular complexity index is 1360. The zero-order valence-electron chi connectivity index (χ0n) is 30.3. The van der Waals surface area contributed by atoms with Crippen LogP contribution >= 0.6 is 0 Å². The SMILES string of the molecule is COC(=O)[C@@H]1CCCCN1C(=O)C(=O)[C@]1(O)O[C@H]([C@H](C[C@@H](C)CO[Si](c2ccccc2)(c2ccccc2)C(C)(C)C)OC)[C@@H](OC)C[C@H]1C. The first kappa shape index (κ1) is 38.9. The van der Waals surface area contributed by atoms with Crippen LogP contribution in [0.2, 0.25) is 5.04 Å². The normalized spacial score (nSPS) is 26.1. The van der Waals surface area contributed by atoms with E-state index in [4.69, 9.17) is 23.4 Å². The second kappa shape index (κ2) is 16.4. The molecule has 0 aromatic heterocycles. The lowest BCUT2D eigenvalue weighted by Gasteiger charge is -2.47. The quantitative estimate of drug-likeness (QED) is 0.189. The van der Waals surface area contributed by atoms with Crippen LogP contribution in [0.3, 0.4) is 0 Å². The van der Waals surface area contributed by atoms with Gasteiger partial charge in [-0.05, 0) is 53.4 Å². The van der Waals surface area contributed by atoms with Gasteiger partial charge in [-0.15, -0.1) is 0 Å². The second-order valence-corrected chi connectivity index (χ2v) is 18.9. The minimum Gasteiger partial charge on any atom is -0.467 e. The highest BCUT2D eigenvalue weighted by Gasteiger charge is 2.57. The summed E-state index contributed by atoms with van der Waals surface area (Å²) in [6, 6.07) is 20.0. The van der Waals surface area contributed by atoms with Crippen LogP contribution in [0, 0.1) is 11.8 Å². The van der Waals surface area contributed by atoms with Gasteiger partial charge in [-0.25, -0.2) is 4.79 Å². The molecule has 0 saturated carbocycles. The molecule has 0 unspecified atom stereocenters. The number of likely N-dealkylation sites (tertiary alicyclic amines) is 1. The van der Waals surface area contributed by atoms with E-state index < -0.39 is 62.0 Å². The molecule has 1 N–H and O–H groups in total. The Morgan fingerprint density at radius 1 is 1.00 bits per heavy atom. The van der Waals surface area contributed by atoms with E-state index in [9.17, 15) is 19.5 Å². The molecule has 7 atom stereocenters. The fourth-order valence-electron chi connectivity index (χ4n) is 7.56. The maximum Gasteiger partial charge on any atom is 0.328 e. The average Bonchev–Trinajstić information content (AvgIpc) is 3.11. The fourth-order valence-corrected chi connectivity index (χ4v) is 12.3. The van der Waals surface area contributed by atoms with E-state index >= 15 is 0 Å². The van der Waals surface area contributed by atoms with Crippen LogP contribution in [0.15, 0.2) is 60.7 Å². The Labute approximate surface area is 292 Å². The van der Waals surface area contributed by atoms with Crippen molar-refractivity contribution in [1.29, 1.82) is 0 Å². The van der Waals surface area contributed by atoms with Crippen LogP contribution < -0.4 is 10.4 Å². The maximum absolute atomic E-state index is 13.8. The Hall–Kier alpha value is -2.93. The van der Waals surface area contributed by atoms with E-state index in [1.807, 2.05) is 12.1 Å². The van der Waals surface area contributed by atoms with Crippen molar-refractivity contribution in [2.45, 2.75) is 102 Å². The topological polar surface area (TPSA) is 121 Å². The molecule has 2 saturated heterocycles. The lowest BCUT2D eigenvalue weighted by atomic mass is 9.82. The molecule has 10 nitrogen and oxygen atoms in total. The smallest absolute Gasteiger partial charge is 0.328 e. The molecule has 1 amide bonds. The Kier molecular flexibility index (Phi) is 13.0. The Balaban J connectivity index is 1.56. The molecule has 2 fully saturated rings. The molecule has 0 spiro atoms. The average molecular weight is 698 g/mol. The number of hydrogen-bond donors (Lipinski definition) is 1. The number of methoxy groups -OCH3 is 3. The van der Waals surface area contributed by atoms with Crippen LogP contribution in [0.5, 0.6) is 0 Å². The fraction of sp³-hybridized carbons (Fsp3) is 0.605. The number of amides is 1. The predicted octanol–water partition coefficient (Wildman–Crippen LogP) is 3.86. The molecule has 11 heteroatoms. The van der Waals surface area contributed by atoms with Gasteiger partial charge in [0.15, 0.2) is 0 Å². The number of benzene rings is 2. The minimum atomic E-state index is -2.78. The Morgan fingerprint density at radius 2 is 1.59 bits per heavy atom. The van der Waals surface area contributed by atoms with Crippen molar-refractivity contribution in [3.8, 4) is 0 Å². The van der Waals surface area contributed by atoms with E-state index in [0.717, 1.165) is 6.42 Å². The first-order valence-corrected chi connectivity index (χ1v) is 19.3. The number of nitrogens with zero attached hydrogens (tertiary/aromatic N) is 1. The number of Topliss-reactive ketones (excluding diaryl/α,β-unsaturated/α-hetero) is 1. The van der Waals surface area contributed by atoms with Gasteiger partial charge in [-0.3, -0.25) is 9.59 Å². The monoisotopic (exact) mass is 697 g/mol. The van der Waals surface area contributed by atoms with Crippen molar-refractivity contribution in [2.75, 3.05) is 34.5 Å². The number of rotatable bonds is 13. The maximum atomic E-state index is 13.8. The molecule has 49 heavy (non-hydrogen) atoms. The van der Waals surface area contributed by atoms with Gasteiger partial charge in [-0.1, -0.05) is 95.3 Å². The summed E-state index contributed by atoms with van der Waals surface area (Å²) in [7, 11) is 1.59. The van der Waals surface area contributed by atoms with Gasteiger partial charge in [0, 0.05) is 33.3 Å². The van der Waals surface area contributed by atoms with Crippen molar-refractivity contribution >= 4 is 36.4 Å². The van der Waals surface area contributed by atoms with Gasteiger partial charge in [0.1, 0.15) is 12.1 Å². The number of piperidine rings is 1. The third kappa shape index (κ3) is 8.02. The van der Waals surface area contributed by atoms with Gasteiger partial charge in [0.25, 0.3) is 20.0 Å². The van der Waals surface area contributed by atoms with E-state index in [1.165, 1.54) is 22.4 Å². The summed E-state index contributed by atoms with van der Waals surface area (Å²) in [6.45, 7) is 11.1. The summed E-state index contributed by atoms with van der Waals surface area (Å²) >= 11 is 0. The summed E-state index contributed by atoms with van der Waals surface area (Å²) in [5, 5.41) is 14.0. The highest BCUT2D eigenvalue weighted by Crippen LogP contribution is 2.40. The number of carbonyl (C=O) groups is 3. The summed E-state index contributed by atoms with van der Waals surface area (Å²) in [6.07, 6.45) is 0.505. The summed E-state index contributed by atoms with van der Waals surface area (Å²) in [5.74, 6) is -5.86. The summed E-state index contributed by atoms with van der Waals surface area (Å²) in [5.41, 5.74) is 0. The van der Waals surface area contributed by atoms with Gasteiger partial charge < -0.3 is 33.4 Å². The molecule has 2 heterocycles. The van der Waals surface area contributed by atoms with Crippen LogP contribution in [0.1, 0.15) is 66.7 Å². The zero-order valence-corrected chi connectivity index (χ0v) is 31.3. The molecule has 0 bridgehead atoms. The van der Waals surface area contributed by atoms with Crippen LogP contribution in [0.4, 0.5) is 0 Å². The molecule has 2 aliphatic heterocycles. The van der Waals surface area contributed by atoms with Crippen molar-refractivity contribution in [1.82, 2.24) is 4.90 Å². The standard InChI is InChI=1S/C38H55NO9Si/c1-26(25-47-49(37(3,4)5,28-17-11-9-12-18-28)29-19-13-10-14-20-29)23-31(44-6)33-32(45-7)24-27(2)38(43,48-33)34(40)35(41)39-22-16-15-21-30(39)36(42)46-8/h9-14,17-20,26-27,30-33,43H,15-16,21-25H2,1-8H3/t26-,27-,30+,31+,32+,33-,38-/m1/s1. The lowest BCUT2D eigenvalue weighted by Crippen LogP contribution is -2.67. The number of aliphatic hydroxyl groups is 1. The zero-order chi connectivity index (χ0) is 36.0. The molecule has 0 aliphatic carbocycles. The van der Waals surface area contributed by atoms with Gasteiger partial charge >= 0.3 is 5.97 Å². The lowest BCUT2D eigenvalue weighted by molar-refractivity contribution is -0.302. The van der Waals surface area contributed by atoms with Crippen LogP contribution in [0.25, 0.3) is 0 Å². The molecule has 2 aliphatic rings. The van der Waals surface area contributed by atoms with Gasteiger partial charge in [-0.2, -0.15) is 0 Å². The molecule has 270 valence electrons. The molecule has 2 aromatic carbocycles. The second-order valence-electron chi connectivity index (χ2n) is 14.6.